The summed E-state index contributed by atoms with van der Waals surface area (Å²) in [6.07, 6.45) is 5.40. The number of hydrogen-bond donors (Lipinski definition) is 2. The number of likely N-dealkylation sites (tertiary alicyclic amines) is 1. The molecule has 3 heterocycles. The predicted molar refractivity (Wildman–Crippen MR) is 176 cm³/mol. The lowest BCUT2D eigenvalue weighted by Gasteiger charge is -2.31. The molecule has 12 heteroatoms. The number of fused-ring (bicyclic) bond motifs is 2. The van der Waals surface area contributed by atoms with E-state index in [-0.39, 0.29) is 23.7 Å². The molecule has 1 saturated heterocycles. The fourth-order valence-electron chi connectivity index (χ4n) is 6.13. The molecule has 5 aromatic rings. The summed E-state index contributed by atoms with van der Waals surface area (Å²) in [5, 5.41) is 11.9. The number of sulfonamides is 1. The summed E-state index contributed by atoms with van der Waals surface area (Å²) in [7, 11) is -3.65. The molecule has 1 aliphatic rings. The molecule has 1 aliphatic heterocycles. The SMILES string of the molecule is O=C(O)CCn1cc(CCN2CCC(c3nsc4cc(F)ccc34)CC2)c2cc(CCNS(=O)(=O)c3ccc(Cl)cc3)ccc21. The molecule has 1 fully saturated rings. The van der Waals surface area contributed by atoms with Gasteiger partial charge < -0.3 is 14.6 Å². The number of piperidine rings is 1. The monoisotopic (exact) mass is 668 g/mol. The lowest BCUT2D eigenvalue weighted by molar-refractivity contribution is -0.137. The van der Waals surface area contributed by atoms with Crippen molar-refractivity contribution in [2.45, 2.75) is 49.5 Å². The van der Waals surface area contributed by atoms with E-state index in [4.69, 9.17) is 11.6 Å². The van der Waals surface area contributed by atoms with Gasteiger partial charge in [0.1, 0.15) is 5.82 Å². The van der Waals surface area contributed by atoms with Crippen molar-refractivity contribution in [2.24, 2.45) is 0 Å². The summed E-state index contributed by atoms with van der Waals surface area (Å²) in [5.74, 6) is -0.718. The van der Waals surface area contributed by atoms with Gasteiger partial charge in [-0.25, -0.2) is 17.5 Å². The first-order valence-corrected chi connectivity index (χ1v) is 17.6. The smallest absolute Gasteiger partial charge is 0.305 e. The Kier molecular flexibility index (Phi) is 9.53. The molecule has 6 rings (SSSR count). The van der Waals surface area contributed by atoms with Gasteiger partial charge in [0.05, 0.1) is 21.7 Å². The van der Waals surface area contributed by atoms with Crippen LogP contribution in [-0.4, -0.2) is 59.5 Å². The van der Waals surface area contributed by atoms with Crippen molar-refractivity contribution < 1.29 is 22.7 Å². The molecule has 0 radical (unpaired) electrons. The topological polar surface area (TPSA) is 105 Å². The van der Waals surface area contributed by atoms with Crippen molar-refractivity contribution in [3.8, 4) is 0 Å². The first-order chi connectivity index (χ1) is 21.7. The molecule has 0 bridgehead atoms. The number of aryl methyl sites for hydroxylation is 1. The van der Waals surface area contributed by atoms with Crippen LogP contribution < -0.4 is 4.72 Å². The van der Waals surface area contributed by atoms with E-state index in [0.29, 0.717) is 23.9 Å². The Hall–Kier alpha value is -3.35. The van der Waals surface area contributed by atoms with Gasteiger partial charge in [-0.05, 0) is 116 Å². The number of benzene rings is 3. The lowest BCUT2D eigenvalue weighted by Crippen LogP contribution is -2.34. The minimum atomic E-state index is -3.65. The van der Waals surface area contributed by atoms with Gasteiger partial charge >= 0.3 is 5.97 Å². The van der Waals surface area contributed by atoms with Gasteiger partial charge in [-0.3, -0.25) is 4.79 Å². The minimum Gasteiger partial charge on any atom is -0.481 e. The van der Waals surface area contributed by atoms with Crippen molar-refractivity contribution in [1.29, 1.82) is 0 Å². The van der Waals surface area contributed by atoms with Gasteiger partial charge in [0.15, 0.2) is 0 Å². The predicted octanol–water partition coefficient (Wildman–Crippen LogP) is 6.46. The molecule has 0 amide bonds. The standard InChI is InChI=1S/C33H34ClFN4O4S2/c34-25-2-5-27(6-3-25)45(42,43)36-14-9-22-1-8-30-29(19-22)24(21-39(30)18-13-32(40)41)12-17-38-15-10-23(11-16-38)33-28-7-4-26(35)20-31(28)44-37-33/h1-8,19-21,23,36H,9-18H2,(H,40,41). The number of hydrogen-bond acceptors (Lipinski definition) is 6. The van der Waals surface area contributed by atoms with Crippen LogP contribution >= 0.6 is 23.1 Å². The molecule has 236 valence electrons. The Balaban J connectivity index is 1.11. The molecule has 0 aliphatic carbocycles. The average Bonchev–Trinajstić information content (AvgIpc) is 3.60. The Morgan fingerprint density at radius 1 is 1.02 bits per heavy atom. The third kappa shape index (κ3) is 7.39. The Labute approximate surface area is 270 Å². The molecule has 0 atom stereocenters. The molecule has 0 saturated carbocycles. The molecule has 2 N–H and O–H groups in total. The molecule has 2 aromatic heterocycles. The third-order valence-corrected chi connectivity index (χ3v) is 11.1. The quantitative estimate of drug-likeness (QED) is 0.158. The van der Waals surface area contributed by atoms with Crippen LogP contribution in [0.15, 0.2) is 71.8 Å². The van der Waals surface area contributed by atoms with E-state index >= 15 is 0 Å². The minimum absolute atomic E-state index is 0.0307. The van der Waals surface area contributed by atoms with E-state index in [1.807, 2.05) is 22.8 Å². The van der Waals surface area contributed by atoms with Gasteiger partial charge in [0.25, 0.3) is 0 Å². The van der Waals surface area contributed by atoms with Crippen LogP contribution in [0.1, 0.15) is 42.0 Å². The van der Waals surface area contributed by atoms with E-state index in [0.717, 1.165) is 76.7 Å². The van der Waals surface area contributed by atoms with Crippen molar-refractivity contribution >= 4 is 60.1 Å². The summed E-state index contributed by atoms with van der Waals surface area (Å²) in [5.41, 5.74) is 4.20. The van der Waals surface area contributed by atoms with Crippen molar-refractivity contribution in [3.63, 3.8) is 0 Å². The summed E-state index contributed by atoms with van der Waals surface area (Å²) in [6, 6.07) is 17.0. The molecule has 8 nitrogen and oxygen atoms in total. The van der Waals surface area contributed by atoms with Gasteiger partial charge in [-0.1, -0.05) is 17.7 Å². The Morgan fingerprint density at radius 3 is 2.56 bits per heavy atom. The summed E-state index contributed by atoms with van der Waals surface area (Å²) < 4.78 is 49.3. The summed E-state index contributed by atoms with van der Waals surface area (Å²) in [6.45, 7) is 3.38. The van der Waals surface area contributed by atoms with Crippen LogP contribution in [-0.2, 0) is 34.2 Å². The number of halogens is 2. The maximum atomic E-state index is 13.6. The zero-order chi connectivity index (χ0) is 31.6. The molecule has 0 spiro atoms. The lowest BCUT2D eigenvalue weighted by atomic mass is 9.91. The first kappa shape index (κ1) is 31.6. The van der Waals surface area contributed by atoms with Crippen molar-refractivity contribution in [1.82, 2.24) is 18.6 Å². The van der Waals surface area contributed by atoms with Crippen LogP contribution in [0.5, 0.6) is 0 Å². The molecular formula is C33H34ClFN4O4S2. The maximum Gasteiger partial charge on any atom is 0.305 e. The maximum absolute atomic E-state index is 13.6. The van der Waals surface area contributed by atoms with Gasteiger partial charge in [0.2, 0.25) is 10.0 Å². The number of carbonyl (C=O) groups is 1. The average molecular weight is 669 g/mol. The molecular weight excluding hydrogens is 635 g/mol. The Morgan fingerprint density at radius 2 is 1.80 bits per heavy atom. The summed E-state index contributed by atoms with van der Waals surface area (Å²) >= 11 is 7.26. The van der Waals surface area contributed by atoms with E-state index in [1.54, 1.807) is 18.2 Å². The number of nitrogens with zero attached hydrogens (tertiary/aromatic N) is 3. The fourth-order valence-corrected chi connectivity index (χ4v) is 8.17. The van der Waals surface area contributed by atoms with Crippen LogP contribution in [0.25, 0.3) is 21.0 Å². The highest BCUT2D eigenvalue weighted by Crippen LogP contribution is 2.35. The van der Waals surface area contributed by atoms with Gasteiger partial charge in [-0.2, -0.15) is 4.37 Å². The van der Waals surface area contributed by atoms with Crippen molar-refractivity contribution in [3.05, 3.63) is 94.5 Å². The van der Waals surface area contributed by atoms with Gasteiger partial charge in [-0.15, -0.1) is 0 Å². The van der Waals surface area contributed by atoms with E-state index in [2.05, 4.69) is 26.3 Å². The highest BCUT2D eigenvalue weighted by molar-refractivity contribution is 7.89. The second kappa shape index (κ2) is 13.6. The number of rotatable bonds is 12. The number of aliphatic carboxylic acids is 1. The summed E-state index contributed by atoms with van der Waals surface area (Å²) in [4.78, 5) is 13.9. The molecule has 45 heavy (non-hydrogen) atoms. The highest BCUT2D eigenvalue weighted by atomic mass is 35.5. The second-order valence-corrected chi connectivity index (χ2v) is 14.5. The van der Waals surface area contributed by atoms with Crippen LogP contribution in [0.2, 0.25) is 5.02 Å². The van der Waals surface area contributed by atoms with Crippen molar-refractivity contribution in [2.75, 3.05) is 26.2 Å². The largest absolute Gasteiger partial charge is 0.481 e. The number of aromatic nitrogens is 2. The normalized spacial score (nSPS) is 14.9. The zero-order valence-corrected chi connectivity index (χ0v) is 27.0. The number of carboxylic acids is 1. The van der Waals surface area contributed by atoms with Crippen LogP contribution in [0, 0.1) is 5.82 Å². The highest BCUT2D eigenvalue weighted by Gasteiger charge is 2.24. The van der Waals surface area contributed by atoms with E-state index in [1.165, 1.54) is 29.7 Å². The fraction of sp³-hybridized carbons (Fsp3) is 0.333. The number of carboxylic acid groups (broad SMARTS) is 1. The van der Waals surface area contributed by atoms with E-state index in [9.17, 15) is 22.7 Å². The second-order valence-electron chi connectivity index (χ2n) is 11.5. The molecule has 0 unspecified atom stereocenters. The van der Waals surface area contributed by atoms with Gasteiger partial charge in [0, 0.05) is 53.1 Å². The molecule has 3 aromatic carbocycles. The zero-order valence-electron chi connectivity index (χ0n) is 24.6. The first-order valence-electron chi connectivity index (χ1n) is 15.0. The van der Waals surface area contributed by atoms with E-state index < -0.39 is 16.0 Å². The Bertz CT molecular complexity index is 1930. The third-order valence-electron chi connectivity index (χ3n) is 8.56. The number of nitrogens with one attached hydrogen (secondary N) is 1. The van der Waals surface area contributed by atoms with Crippen LogP contribution in [0.4, 0.5) is 4.39 Å². The van der Waals surface area contributed by atoms with Crippen LogP contribution in [0.3, 0.4) is 0 Å².